The molecule has 0 aliphatic rings. The lowest BCUT2D eigenvalue weighted by Crippen LogP contribution is -2.61. The summed E-state index contributed by atoms with van der Waals surface area (Å²) in [6, 6.07) is 13.7. The molecule has 0 saturated heterocycles. The molecule has 0 bridgehead atoms. The summed E-state index contributed by atoms with van der Waals surface area (Å²) in [7, 11) is -0.698. The summed E-state index contributed by atoms with van der Waals surface area (Å²) >= 11 is 0. The highest BCUT2D eigenvalue weighted by atomic mass is 32.2. The number of azo groups is 1. The monoisotopic (exact) mass is 1340 g/mol. The van der Waals surface area contributed by atoms with Crippen LogP contribution in [0, 0.1) is 5.92 Å². The van der Waals surface area contributed by atoms with Crippen molar-refractivity contribution in [3.8, 4) is 0 Å². The van der Waals surface area contributed by atoms with Gasteiger partial charge in [-0.25, -0.2) is 0 Å². The third-order valence-corrected chi connectivity index (χ3v) is 15.5. The van der Waals surface area contributed by atoms with Crippen LogP contribution in [-0.2, 0) is 48.5 Å². The first kappa shape index (κ1) is 76.7. The third-order valence-electron chi connectivity index (χ3n) is 14.6. The highest BCUT2D eigenvalue weighted by Crippen LogP contribution is 2.29. The molecule has 35 heteroatoms. The van der Waals surface area contributed by atoms with E-state index in [2.05, 4.69) is 67.7 Å². The van der Waals surface area contributed by atoms with Crippen LogP contribution in [0.25, 0.3) is 10.8 Å². The maximum atomic E-state index is 14.5. The van der Waals surface area contributed by atoms with Gasteiger partial charge in [0.2, 0.25) is 47.3 Å². The van der Waals surface area contributed by atoms with Crippen molar-refractivity contribution in [1.29, 1.82) is 0 Å². The first-order valence-electron chi connectivity index (χ1n) is 30.3. The molecule has 4 aromatic carbocycles. The van der Waals surface area contributed by atoms with Crippen LogP contribution in [0.2, 0.25) is 0 Å². The summed E-state index contributed by atoms with van der Waals surface area (Å²) in [5, 5.41) is 30.5. The Balaban J connectivity index is 1.50. The Labute approximate surface area is 549 Å². The van der Waals surface area contributed by atoms with Crippen molar-refractivity contribution in [3.05, 3.63) is 90.5 Å². The van der Waals surface area contributed by atoms with Crippen molar-refractivity contribution in [2.24, 2.45) is 77.0 Å². The number of anilines is 2. The minimum absolute atomic E-state index is 0.00863. The van der Waals surface area contributed by atoms with Gasteiger partial charge in [0, 0.05) is 81.0 Å². The lowest BCUT2D eigenvalue weighted by molar-refractivity contribution is -0.136. The van der Waals surface area contributed by atoms with Gasteiger partial charge in [-0.3, -0.25) is 62.7 Å². The highest BCUT2D eigenvalue weighted by molar-refractivity contribution is 7.86. The second-order valence-electron chi connectivity index (χ2n) is 22.2. The SMILES string of the molecule is CC[C@H](C)[C@H](NC(=O)[C@H](CCCN=C(N)N)NC(=O)[C@H](CCCN=C(N)N)NC(=O)c1ccc(N=Nc2ccc(N(C)C)cc2)cc1)C(=O)N[C@@H](CC(N)=O)C(=O)N[C@@H](CCCN=C(N)N)C(=O)N[C@@H](CCC(=O)NCCNc1cccc2c(S(=O)(=O)O)cccc12)C(N)=O. The summed E-state index contributed by atoms with van der Waals surface area (Å²) in [4.78, 5) is 137. The number of carbonyl (C=O) groups excluding carboxylic acids is 9. The molecule has 0 aliphatic heterocycles. The normalized spacial score (nSPS) is 13.4. The van der Waals surface area contributed by atoms with Gasteiger partial charge in [0.1, 0.15) is 41.1 Å². The molecule has 25 N–H and O–H groups in total. The predicted molar refractivity (Wildman–Crippen MR) is 359 cm³/mol. The second kappa shape index (κ2) is 38.3. The number of aliphatic imine (C=N–C) groups is 3. The summed E-state index contributed by atoms with van der Waals surface area (Å²) in [6.07, 6.45) is -1.20. The topological polar surface area (TPSA) is 577 Å². The number of hydrogen-bond donors (Lipinski definition) is 17. The molecule has 7 atom stereocenters. The summed E-state index contributed by atoms with van der Waals surface area (Å²) < 4.78 is 33.6. The minimum Gasteiger partial charge on any atom is -0.383 e. The first-order chi connectivity index (χ1) is 45.0. The van der Waals surface area contributed by atoms with Gasteiger partial charge in [-0.05, 0) is 112 Å². The second-order valence-corrected chi connectivity index (χ2v) is 23.6. The van der Waals surface area contributed by atoms with E-state index < -0.39 is 112 Å². The maximum absolute atomic E-state index is 14.5. The number of fused-ring (bicyclic) bond motifs is 1. The van der Waals surface area contributed by atoms with Gasteiger partial charge in [0.25, 0.3) is 16.0 Å². The van der Waals surface area contributed by atoms with Crippen molar-refractivity contribution >= 4 is 115 Å². The zero-order valence-corrected chi connectivity index (χ0v) is 54.2. The first-order valence-corrected chi connectivity index (χ1v) is 31.8. The number of guanidine groups is 3. The molecule has 0 heterocycles. The molecule has 95 heavy (non-hydrogen) atoms. The molecule has 0 saturated carbocycles. The van der Waals surface area contributed by atoms with E-state index in [4.69, 9.17) is 45.9 Å². The van der Waals surface area contributed by atoms with Crippen LogP contribution in [0.1, 0.15) is 88.4 Å². The average Bonchev–Trinajstić information content (AvgIpc) is 0.804. The number of primary amides is 2. The number of nitrogens with zero attached hydrogens (tertiary/aromatic N) is 6. The van der Waals surface area contributed by atoms with Gasteiger partial charge in [-0.15, -0.1) is 0 Å². The molecule has 0 radical (unpaired) electrons. The van der Waals surface area contributed by atoms with E-state index in [-0.39, 0.29) is 124 Å². The molecule has 9 amide bonds. The Morgan fingerprint density at radius 2 is 1.00 bits per heavy atom. The van der Waals surface area contributed by atoms with E-state index in [1.165, 1.54) is 30.3 Å². The molecule has 0 aromatic heterocycles. The van der Waals surface area contributed by atoms with Gasteiger partial charge < -0.3 is 93.3 Å². The lowest BCUT2D eigenvalue weighted by Gasteiger charge is -2.29. The average molecular weight is 1340 g/mol. The third kappa shape index (κ3) is 26.8. The number of hydrogen-bond acceptors (Lipinski definition) is 18. The highest BCUT2D eigenvalue weighted by Gasteiger charge is 2.36. The van der Waals surface area contributed by atoms with Crippen molar-refractivity contribution < 1.29 is 56.1 Å². The number of nitrogens with two attached hydrogens (primary N) is 8. The zero-order chi connectivity index (χ0) is 70.4. The van der Waals surface area contributed by atoms with Crippen molar-refractivity contribution in [3.63, 3.8) is 0 Å². The van der Waals surface area contributed by atoms with Crippen LogP contribution in [0.5, 0.6) is 0 Å². The number of rotatable bonds is 40. The standard InChI is InChI=1S/C60H88N22O12S/c1-5-34(2)50(79-55(89)45(16-10-30-73-60(67)68)76-54(88)43(14-8-28-71-58(63)64)75-52(86)35-18-20-36(21-19-35)80-81-37-22-24-38(25-23-37)82(3)4)57(91)78-46(33-48(61)83)56(90)77-44(15-9-29-72-59(65)66)53(87)74-42(51(62)85)26-27-49(84)70-32-31-69-41-13-6-12-40-39(41)11-7-17-47(40)95(92,93)94/h6-7,11-13,17-25,34,42-46,50,69H,5,8-10,14-16,26-33H2,1-4H3,(H2,61,83)(H2,62,85)(H,70,84)(H,74,87)(H,75,86)(H,76,88)(H,77,90)(H,78,91)(H,79,89)(H4,63,64,71)(H4,65,66,72)(H4,67,68,73)(H,92,93,94)/t34-,42-,43-,44-,45-,46-,50-/m0/s1. The van der Waals surface area contributed by atoms with Crippen LogP contribution in [0.4, 0.5) is 22.7 Å². The van der Waals surface area contributed by atoms with E-state index in [1.807, 2.05) is 31.1 Å². The van der Waals surface area contributed by atoms with Gasteiger partial charge >= 0.3 is 0 Å². The Kier molecular flexibility index (Phi) is 31.0. The van der Waals surface area contributed by atoms with E-state index in [9.17, 15) is 56.1 Å². The Bertz CT molecular complexity index is 3540. The smallest absolute Gasteiger partial charge is 0.295 e. The van der Waals surface area contributed by atoms with Gasteiger partial charge in [0.15, 0.2) is 17.9 Å². The summed E-state index contributed by atoms with van der Waals surface area (Å²) in [6.45, 7) is 3.56. The molecular formula is C60H88N22O12S. The Morgan fingerprint density at radius 1 is 0.537 bits per heavy atom. The molecule has 0 fully saturated rings. The fourth-order valence-electron chi connectivity index (χ4n) is 9.32. The lowest BCUT2D eigenvalue weighted by atomic mass is 9.96. The molecule has 34 nitrogen and oxygen atoms in total. The number of carbonyl (C=O) groups is 9. The molecular weight excluding hydrogens is 1250 g/mol. The molecule has 0 aliphatic carbocycles. The molecule has 4 aromatic rings. The zero-order valence-electron chi connectivity index (χ0n) is 53.4. The van der Waals surface area contributed by atoms with E-state index >= 15 is 0 Å². The van der Waals surface area contributed by atoms with Gasteiger partial charge in [-0.1, -0.05) is 44.5 Å². The van der Waals surface area contributed by atoms with Crippen LogP contribution in [0.15, 0.2) is 115 Å². The van der Waals surface area contributed by atoms with Crippen molar-refractivity contribution in [1.82, 2.24) is 37.2 Å². The molecule has 0 spiro atoms. The fraction of sp³-hybridized carbons (Fsp3) is 0.433. The van der Waals surface area contributed by atoms with Crippen LogP contribution in [-0.4, -0.2) is 167 Å². The maximum Gasteiger partial charge on any atom is 0.295 e. The van der Waals surface area contributed by atoms with Crippen LogP contribution in [0.3, 0.4) is 0 Å². The Hall–Kier alpha value is -10.7. The molecule has 516 valence electrons. The van der Waals surface area contributed by atoms with Crippen LogP contribution < -0.4 is 93.3 Å². The number of amides is 9. The van der Waals surface area contributed by atoms with E-state index in [0.717, 1.165) is 5.69 Å². The number of benzene rings is 4. The van der Waals surface area contributed by atoms with Crippen LogP contribution >= 0.6 is 0 Å². The quantitative estimate of drug-likeness (QED) is 0.00806. The number of nitrogens with one attached hydrogen (secondary N) is 8. The molecule has 4 rings (SSSR count). The summed E-state index contributed by atoms with van der Waals surface area (Å²) in [5.41, 5.74) is 47.1. The van der Waals surface area contributed by atoms with E-state index in [0.29, 0.717) is 22.4 Å². The molecule has 0 unspecified atom stereocenters. The summed E-state index contributed by atoms with van der Waals surface area (Å²) in [5.74, 6) is -9.54. The fourth-order valence-corrected chi connectivity index (χ4v) is 10.0. The largest absolute Gasteiger partial charge is 0.383 e. The Morgan fingerprint density at radius 3 is 1.48 bits per heavy atom. The van der Waals surface area contributed by atoms with Gasteiger partial charge in [-0.2, -0.15) is 18.6 Å². The van der Waals surface area contributed by atoms with E-state index in [1.54, 1.807) is 56.3 Å². The van der Waals surface area contributed by atoms with Crippen molar-refractivity contribution in [2.45, 2.75) is 119 Å². The minimum atomic E-state index is -4.52. The predicted octanol–water partition coefficient (Wildman–Crippen LogP) is -1.33. The van der Waals surface area contributed by atoms with Crippen molar-refractivity contribution in [2.75, 3.05) is 57.0 Å². The van der Waals surface area contributed by atoms with Gasteiger partial charge in [0.05, 0.1) is 17.8 Å².